The van der Waals surface area contributed by atoms with Crippen LogP contribution in [0.2, 0.25) is 5.02 Å². The van der Waals surface area contributed by atoms with Crippen molar-refractivity contribution in [3.05, 3.63) is 82.9 Å². The van der Waals surface area contributed by atoms with Gasteiger partial charge in [-0.2, -0.15) is 0 Å². The molecule has 0 atom stereocenters. The van der Waals surface area contributed by atoms with E-state index in [1.165, 1.54) is 4.90 Å². The van der Waals surface area contributed by atoms with Gasteiger partial charge >= 0.3 is 0 Å². The Hall–Kier alpha value is -2.41. The molecule has 1 aromatic heterocycles. The summed E-state index contributed by atoms with van der Waals surface area (Å²) >= 11 is 8.42. The topological polar surface area (TPSA) is 55.1 Å². The summed E-state index contributed by atoms with van der Waals surface area (Å²) < 4.78 is 2.17. The molecule has 0 unspecified atom stereocenters. The molecule has 4 rings (SSSR count). The Kier molecular flexibility index (Phi) is 7.79. The first kappa shape index (κ1) is 22.8. The number of hydrogen-bond acceptors (Lipinski definition) is 5. The van der Waals surface area contributed by atoms with Crippen LogP contribution < -0.4 is 5.32 Å². The van der Waals surface area contributed by atoms with Gasteiger partial charge in [-0.25, -0.2) is 0 Å². The average molecular weight is 466 g/mol. The molecular weight excluding hydrogens is 438 g/mol. The number of benzene rings is 2. The third-order valence-corrected chi connectivity index (χ3v) is 6.65. The lowest BCUT2D eigenvalue weighted by molar-refractivity contribution is 0.604. The van der Waals surface area contributed by atoms with Crippen LogP contribution in [0.5, 0.6) is 0 Å². The minimum absolute atomic E-state index is 0.456. The predicted octanol–water partition coefficient (Wildman–Crippen LogP) is 5.83. The second kappa shape index (κ2) is 10.9. The van der Waals surface area contributed by atoms with Crippen LogP contribution in [0.4, 0.5) is 0 Å². The van der Waals surface area contributed by atoms with E-state index in [1.807, 2.05) is 42.1 Å². The van der Waals surface area contributed by atoms with E-state index in [0.717, 1.165) is 65.7 Å². The summed E-state index contributed by atoms with van der Waals surface area (Å²) in [5.74, 6) is 2.72. The molecule has 1 aliphatic rings. The number of aliphatic imine (C=N–C) groups is 1. The Morgan fingerprint density at radius 1 is 1.16 bits per heavy atom. The summed E-state index contributed by atoms with van der Waals surface area (Å²) in [6.07, 6.45) is 5.28. The van der Waals surface area contributed by atoms with E-state index in [-0.39, 0.29) is 0 Å². The fourth-order valence-corrected chi connectivity index (χ4v) is 4.97. The quantitative estimate of drug-likeness (QED) is 0.232. The highest BCUT2D eigenvalue weighted by Crippen LogP contribution is 2.34. The maximum absolute atomic E-state index is 6.61. The van der Waals surface area contributed by atoms with Crippen LogP contribution in [0.1, 0.15) is 49.0 Å². The first-order valence-electron chi connectivity index (χ1n) is 11.0. The van der Waals surface area contributed by atoms with Crippen molar-refractivity contribution < 1.29 is 0 Å². The molecule has 0 amide bonds. The van der Waals surface area contributed by atoms with Crippen LogP contribution in [0.3, 0.4) is 0 Å². The van der Waals surface area contributed by atoms with Gasteiger partial charge in [0.25, 0.3) is 0 Å². The summed E-state index contributed by atoms with van der Waals surface area (Å²) in [6.45, 7) is 8.01. The Balaban J connectivity index is 1.73. The molecule has 0 radical (unpaired) electrons. The number of nitrogens with zero attached hydrogens (tertiary/aromatic N) is 4. The lowest BCUT2D eigenvalue weighted by Gasteiger charge is -2.17. The maximum Gasteiger partial charge on any atom is 0.159 e. The summed E-state index contributed by atoms with van der Waals surface area (Å²) in [7, 11) is 0. The van der Waals surface area contributed by atoms with E-state index in [9.17, 15) is 0 Å². The molecule has 2 aromatic carbocycles. The first-order chi connectivity index (χ1) is 15.7. The number of fused-ring (bicyclic) bond motifs is 3. The number of halogens is 1. The summed E-state index contributed by atoms with van der Waals surface area (Å²) in [5, 5.41) is 13.2. The zero-order chi connectivity index (χ0) is 22.3. The van der Waals surface area contributed by atoms with Crippen molar-refractivity contribution in [2.45, 2.75) is 44.2 Å². The Labute approximate surface area is 199 Å². The van der Waals surface area contributed by atoms with Crippen molar-refractivity contribution in [1.82, 2.24) is 20.1 Å². The van der Waals surface area contributed by atoms with Gasteiger partial charge in [-0.05, 0) is 49.8 Å². The third-order valence-electron chi connectivity index (χ3n) is 5.38. The van der Waals surface area contributed by atoms with Gasteiger partial charge in [0.2, 0.25) is 0 Å². The van der Waals surface area contributed by atoms with Gasteiger partial charge in [0, 0.05) is 21.0 Å². The summed E-state index contributed by atoms with van der Waals surface area (Å²) in [6, 6.07) is 14.3. The predicted molar refractivity (Wildman–Crippen MR) is 134 cm³/mol. The molecule has 0 bridgehead atoms. The van der Waals surface area contributed by atoms with Gasteiger partial charge in [-0.15, -0.1) is 28.5 Å². The van der Waals surface area contributed by atoms with Gasteiger partial charge in [0.15, 0.2) is 11.6 Å². The highest BCUT2D eigenvalue weighted by molar-refractivity contribution is 7.99. The molecule has 32 heavy (non-hydrogen) atoms. The third kappa shape index (κ3) is 4.82. The first-order valence-corrected chi connectivity index (χ1v) is 12.4. The molecule has 2 heterocycles. The largest absolute Gasteiger partial charge is 0.310 e. The second-order valence-electron chi connectivity index (χ2n) is 7.56. The van der Waals surface area contributed by atoms with Gasteiger partial charge < -0.3 is 5.32 Å². The molecule has 0 aliphatic carbocycles. The van der Waals surface area contributed by atoms with E-state index in [2.05, 4.69) is 51.8 Å². The fourth-order valence-electron chi connectivity index (χ4n) is 3.91. The molecule has 7 heteroatoms. The molecule has 0 saturated heterocycles. The Morgan fingerprint density at radius 2 is 2.03 bits per heavy atom. The number of nitrogens with one attached hydrogen (secondary N) is 1. The van der Waals surface area contributed by atoms with Gasteiger partial charge in [0.05, 0.1) is 17.9 Å². The monoisotopic (exact) mass is 465 g/mol. The van der Waals surface area contributed by atoms with Crippen molar-refractivity contribution in [1.29, 1.82) is 0 Å². The lowest BCUT2D eigenvalue weighted by atomic mass is 10.00. The summed E-state index contributed by atoms with van der Waals surface area (Å²) in [4.78, 5) is 6.18. The van der Waals surface area contributed by atoms with Gasteiger partial charge in [-0.1, -0.05) is 48.9 Å². The van der Waals surface area contributed by atoms with Gasteiger partial charge in [-0.3, -0.25) is 9.56 Å². The molecule has 0 spiro atoms. The normalized spacial score (nSPS) is 12.6. The van der Waals surface area contributed by atoms with Crippen molar-refractivity contribution in [2.24, 2.45) is 4.99 Å². The SMILES string of the molecule is C=CCCCCNCc1nnc2n1-c1cccc(SCC)c1C(c1ccccc1Cl)=NC2. The second-order valence-corrected chi connectivity index (χ2v) is 9.27. The molecule has 1 aliphatic heterocycles. The average Bonchev–Trinajstić information content (AvgIpc) is 3.12. The number of hydrogen-bond donors (Lipinski definition) is 1. The smallest absolute Gasteiger partial charge is 0.159 e. The van der Waals surface area contributed by atoms with E-state index < -0.39 is 0 Å². The highest BCUT2D eigenvalue weighted by atomic mass is 35.5. The van der Waals surface area contributed by atoms with Crippen molar-refractivity contribution in [3.8, 4) is 5.69 Å². The minimum atomic E-state index is 0.456. The summed E-state index contributed by atoms with van der Waals surface area (Å²) in [5.41, 5.74) is 4.01. The molecule has 0 fully saturated rings. The van der Waals surface area contributed by atoms with Crippen molar-refractivity contribution in [3.63, 3.8) is 0 Å². The molecule has 0 saturated carbocycles. The van der Waals surface area contributed by atoms with E-state index in [0.29, 0.717) is 18.1 Å². The molecule has 5 nitrogen and oxygen atoms in total. The van der Waals surface area contributed by atoms with Crippen LogP contribution in [0, 0.1) is 0 Å². The van der Waals surface area contributed by atoms with Crippen LogP contribution >= 0.6 is 23.4 Å². The number of aromatic nitrogens is 3. The van der Waals surface area contributed by atoms with E-state index in [1.54, 1.807) is 0 Å². The van der Waals surface area contributed by atoms with Crippen molar-refractivity contribution in [2.75, 3.05) is 12.3 Å². The number of thioether (sulfide) groups is 1. The fraction of sp³-hybridized carbons (Fsp3) is 0.320. The maximum atomic E-state index is 6.61. The van der Waals surface area contributed by atoms with Gasteiger partial charge in [0.1, 0.15) is 6.54 Å². The Morgan fingerprint density at radius 3 is 2.84 bits per heavy atom. The van der Waals surface area contributed by atoms with E-state index in [4.69, 9.17) is 16.6 Å². The molecular formula is C25H28ClN5S. The number of allylic oxidation sites excluding steroid dienone is 1. The van der Waals surface area contributed by atoms with Crippen LogP contribution in [0.25, 0.3) is 5.69 Å². The van der Waals surface area contributed by atoms with Crippen molar-refractivity contribution >= 4 is 29.1 Å². The van der Waals surface area contributed by atoms with Crippen LogP contribution in [-0.4, -0.2) is 32.8 Å². The molecule has 1 N–H and O–H groups in total. The zero-order valence-corrected chi connectivity index (χ0v) is 19.9. The van der Waals surface area contributed by atoms with Crippen LogP contribution in [-0.2, 0) is 13.1 Å². The lowest BCUT2D eigenvalue weighted by Crippen LogP contribution is -2.19. The number of unbranched alkanes of at least 4 members (excludes halogenated alkanes) is 2. The zero-order valence-electron chi connectivity index (χ0n) is 18.4. The Bertz CT molecular complexity index is 1120. The minimum Gasteiger partial charge on any atom is -0.310 e. The highest BCUT2D eigenvalue weighted by Gasteiger charge is 2.26. The van der Waals surface area contributed by atoms with E-state index >= 15 is 0 Å². The molecule has 166 valence electrons. The van der Waals surface area contributed by atoms with Crippen LogP contribution in [0.15, 0.2) is 65.0 Å². The molecule has 3 aromatic rings. The number of rotatable bonds is 10. The standard InChI is InChI=1S/C25H28ClN5S/c1-3-5-6-9-15-27-16-22-29-30-23-17-28-25(18-11-7-8-12-19(18)26)24-20(31(22)23)13-10-14-21(24)32-4-2/h3,7-8,10-14,27H,1,4-6,9,15-17H2,2H3.